The summed E-state index contributed by atoms with van der Waals surface area (Å²) in [6, 6.07) is 8.58. The number of thiazole rings is 1. The van der Waals surface area contributed by atoms with E-state index in [9.17, 15) is 0 Å². The lowest BCUT2D eigenvalue weighted by Crippen LogP contribution is -2.38. The Balaban J connectivity index is 1.29. The summed E-state index contributed by atoms with van der Waals surface area (Å²) in [5.41, 5.74) is 2.97. The molecule has 0 amide bonds. The van der Waals surface area contributed by atoms with Crippen LogP contribution in [0.1, 0.15) is 35.5 Å². The van der Waals surface area contributed by atoms with Gasteiger partial charge in [0.25, 0.3) is 0 Å². The third-order valence-corrected chi connectivity index (χ3v) is 6.39. The molecule has 2 aliphatic rings. The monoisotopic (exact) mass is 357 g/mol. The number of hydrogen-bond acceptors (Lipinski definition) is 5. The Labute approximate surface area is 154 Å². The standard InChI is InChI=1S/C20H27N3OS/c1-16-22-18(14-25-16)13-24-19-4-2-17(3-5-19)12-23-11-8-20(15-23)6-9-21-10-7-20/h2-5,14,21H,6-13,15H2,1H3. The number of likely N-dealkylation sites (tertiary alicyclic amines) is 1. The summed E-state index contributed by atoms with van der Waals surface area (Å²) in [5.74, 6) is 0.922. The summed E-state index contributed by atoms with van der Waals surface area (Å²) in [4.78, 5) is 7.06. The molecule has 0 saturated carbocycles. The second-order valence-corrected chi connectivity index (χ2v) is 8.56. The summed E-state index contributed by atoms with van der Waals surface area (Å²) < 4.78 is 5.84. The fourth-order valence-corrected chi connectivity index (χ4v) is 4.71. The number of benzene rings is 1. The number of aryl methyl sites for hydroxylation is 1. The minimum absolute atomic E-state index is 0.548. The molecule has 2 aromatic rings. The molecule has 1 aromatic carbocycles. The number of nitrogens with zero attached hydrogens (tertiary/aromatic N) is 2. The van der Waals surface area contributed by atoms with Crippen molar-refractivity contribution in [1.82, 2.24) is 15.2 Å². The summed E-state index contributed by atoms with van der Waals surface area (Å²) in [6.07, 6.45) is 4.04. The van der Waals surface area contributed by atoms with Gasteiger partial charge in [-0.3, -0.25) is 4.90 Å². The van der Waals surface area contributed by atoms with Gasteiger partial charge in [0.1, 0.15) is 12.4 Å². The fraction of sp³-hybridized carbons (Fsp3) is 0.550. The summed E-state index contributed by atoms with van der Waals surface area (Å²) in [7, 11) is 0. The van der Waals surface area contributed by atoms with Crippen LogP contribution in [0, 0.1) is 12.3 Å². The van der Waals surface area contributed by atoms with Gasteiger partial charge in [-0.25, -0.2) is 4.98 Å². The minimum atomic E-state index is 0.548. The predicted octanol–water partition coefficient (Wildman–Crippen LogP) is 3.61. The molecule has 1 spiro atoms. The van der Waals surface area contributed by atoms with Gasteiger partial charge in [-0.15, -0.1) is 11.3 Å². The van der Waals surface area contributed by atoms with Crippen LogP contribution in [-0.4, -0.2) is 36.1 Å². The largest absolute Gasteiger partial charge is 0.487 e. The Morgan fingerprint density at radius 1 is 1.20 bits per heavy atom. The average molecular weight is 358 g/mol. The van der Waals surface area contributed by atoms with Crippen molar-refractivity contribution in [3.05, 3.63) is 45.9 Å². The van der Waals surface area contributed by atoms with E-state index in [0.717, 1.165) is 23.0 Å². The number of piperidine rings is 1. The second kappa shape index (κ2) is 7.44. The number of ether oxygens (including phenoxy) is 1. The van der Waals surface area contributed by atoms with E-state index in [0.29, 0.717) is 12.0 Å². The van der Waals surface area contributed by atoms with Crippen molar-refractivity contribution < 1.29 is 4.74 Å². The lowest BCUT2D eigenvalue weighted by molar-refractivity contribution is 0.194. The lowest BCUT2D eigenvalue weighted by atomic mass is 9.78. The molecule has 1 aromatic heterocycles. The van der Waals surface area contributed by atoms with Gasteiger partial charge < -0.3 is 10.1 Å². The summed E-state index contributed by atoms with van der Waals surface area (Å²) in [5, 5.41) is 6.65. The molecule has 4 nitrogen and oxygen atoms in total. The molecule has 0 radical (unpaired) electrons. The quantitative estimate of drug-likeness (QED) is 0.887. The smallest absolute Gasteiger partial charge is 0.131 e. The van der Waals surface area contributed by atoms with Crippen molar-refractivity contribution in [2.45, 2.75) is 39.3 Å². The van der Waals surface area contributed by atoms with Gasteiger partial charge in [-0.1, -0.05) is 12.1 Å². The third-order valence-electron chi connectivity index (χ3n) is 5.56. The highest BCUT2D eigenvalue weighted by Gasteiger charge is 2.38. The Bertz CT molecular complexity index is 691. The molecule has 2 saturated heterocycles. The zero-order valence-electron chi connectivity index (χ0n) is 15.0. The van der Waals surface area contributed by atoms with Crippen molar-refractivity contribution in [3.8, 4) is 5.75 Å². The van der Waals surface area contributed by atoms with Crippen molar-refractivity contribution in [1.29, 1.82) is 0 Å². The first-order valence-corrected chi connectivity index (χ1v) is 10.1. The molecule has 134 valence electrons. The first-order chi connectivity index (χ1) is 12.2. The maximum absolute atomic E-state index is 5.84. The molecule has 2 aliphatic heterocycles. The zero-order valence-corrected chi connectivity index (χ0v) is 15.8. The molecule has 0 aliphatic carbocycles. The maximum Gasteiger partial charge on any atom is 0.131 e. The van der Waals surface area contributed by atoms with Gasteiger partial charge in [0.2, 0.25) is 0 Å². The van der Waals surface area contributed by atoms with Crippen LogP contribution in [0.3, 0.4) is 0 Å². The Hall–Kier alpha value is -1.43. The fourth-order valence-electron chi connectivity index (χ4n) is 4.11. The summed E-state index contributed by atoms with van der Waals surface area (Å²) >= 11 is 1.67. The van der Waals surface area contributed by atoms with Crippen LogP contribution in [-0.2, 0) is 13.2 Å². The lowest BCUT2D eigenvalue weighted by Gasteiger charge is -2.33. The Morgan fingerprint density at radius 2 is 2.00 bits per heavy atom. The van der Waals surface area contributed by atoms with Gasteiger partial charge in [0.05, 0.1) is 10.7 Å². The highest BCUT2D eigenvalue weighted by Crippen LogP contribution is 2.39. The Morgan fingerprint density at radius 3 is 2.72 bits per heavy atom. The van der Waals surface area contributed by atoms with E-state index in [2.05, 4.69) is 44.8 Å². The molecular weight excluding hydrogens is 330 g/mol. The van der Waals surface area contributed by atoms with Gasteiger partial charge in [-0.2, -0.15) is 0 Å². The number of aromatic nitrogens is 1. The second-order valence-electron chi connectivity index (χ2n) is 7.50. The summed E-state index contributed by atoms with van der Waals surface area (Å²) in [6.45, 7) is 8.51. The molecule has 2 fully saturated rings. The molecule has 5 heteroatoms. The molecule has 4 rings (SSSR count). The van der Waals surface area contributed by atoms with E-state index < -0.39 is 0 Å². The van der Waals surface area contributed by atoms with Crippen LogP contribution >= 0.6 is 11.3 Å². The Kier molecular flexibility index (Phi) is 5.06. The van der Waals surface area contributed by atoms with Crippen molar-refractivity contribution in [3.63, 3.8) is 0 Å². The maximum atomic E-state index is 5.84. The topological polar surface area (TPSA) is 37.4 Å². The molecule has 25 heavy (non-hydrogen) atoms. The van der Waals surface area contributed by atoms with Crippen LogP contribution in [0.15, 0.2) is 29.6 Å². The third kappa shape index (κ3) is 4.22. The van der Waals surface area contributed by atoms with Crippen LogP contribution in [0.25, 0.3) is 0 Å². The zero-order chi connectivity index (χ0) is 17.1. The number of rotatable bonds is 5. The van der Waals surface area contributed by atoms with E-state index >= 15 is 0 Å². The van der Waals surface area contributed by atoms with Crippen LogP contribution in [0.4, 0.5) is 0 Å². The normalized spacial score (nSPS) is 20.2. The highest BCUT2D eigenvalue weighted by atomic mass is 32.1. The van der Waals surface area contributed by atoms with E-state index in [-0.39, 0.29) is 0 Å². The average Bonchev–Trinajstić information content (AvgIpc) is 3.22. The molecule has 0 atom stereocenters. The SMILES string of the molecule is Cc1nc(COc2ccc(CN3CCC4(CCNCC4)C3)cc2)cs1. The predicted molar refractivity (Wildman–Crippen MR) is 102 cm³/mol. The van der Waals surface area contributed by atoms with Crippen molar-refractivity contribution in [2.75, 3.05) is 26.2 Å². The highest BCUT2D eigenvalue weighted by molar-refractivity contribution is 7.09. The van der Waals surface area contributed by atoms with Gasteiger partial charge >= 0.3 is 0 Å². The minimum Gasteiger partial charge on any atom is -0.487 e. The van der Waals surface area contributed by atoms with E-state index in [1.807, 2.05) is 6.92 Å². The first-order valence-electron chi connectivity index (χ1n) is 9.27. The molecule has 1 N–H and O–H groups in total. The van der Waals surface area contributed by atoms with E-state index in [1.165, 1.54) is 51.0 Å². The van der Waals surface area contributed by atoms with E-state index in [1.54, 1.807) is 11.3 Å². The number of hydrogen-bond donors (Lipinski definition) is 1. The van der Waals surface area contributed by atoms with Crippen molar-refractivity contribution in [2.24, 2.45) is 5.41 Å². The van der Waals surface area contributed by atoms with Gasteiger partial charge in [0.15, 0.2) is 0 Å². The van der Waals surface area contributed by atoms with E-state index in [4.69, 9.17) is 4.74 Å². The van der Waals surface area contributed by atoms with Gasteiger partial charge in [0, 0.05) is 18.5 Å². The molecule has 3 heterocycles. The van der Waals surface area contributed by atoms with Crippen LogP contribution in [0.2, 0.25) is 0 Å². The van der Waals surface area contributed by atoms with Crippen molar-refractivity contribution >= 4 is 11.3 Å². The molecular formula is C20H27N3OS. The van der Waals surface area contributed by atoms with Crippen LogP contribution in [0.5, 0.6) is 5.75 Å². The van der Waals surface area contributed by atoms with Gasteiger partial charge in [-0.05, 0) is 68.9 Å². The molecule has 0 bridgehead atoms. The molecule has 0 unspecified atom stereocenters. The number of nitrogens with one attached hydrogen (secondary N) is 1. The first kappa shape index (κ1) is 17.0. The van der Waals surface area contributed by atoms with Crippen LogP contribution < -0.4 is 10.1 Å².